The van der Waals surface area contributed by atoms with Gasteiger partial charge in [0.25, 0.3) is 5.91 Å². The molecule has 2 aliphatic rings. The minimum atomic E-state index is 0.0599. The molecule has 0 aliphatic heterocycles. The summed E-state index contributed by atoms with van der Waals surface area (Å²) in [7, 11) is 1.88. The summed E-state index contributed by atoms with van der Waals surface area (Å²) in [6.07, 6.45) is 6.04. The van der Waals surface area contributed by atoms with Gasteiger partial charge < -0.3 is 9.42 Å². The van der Waals surface area contributed by atoms with Gasteiger partial charge in [0.1, 0.15) is 0 Å². The van der Waals surface area contributed by atoms with E-state index in [0.29, 0.717) is 23.2 Å². The molecule has 120 valence electrons. The molecule has 0 atom stereocenters. The molecular formula is C18H21N3O2. The molecule has 1 heterocycles. The Morgan fingerprint density at radius 1 is 1.30 bits per heavy atom. The average molecular weight is 311 g/mol. The van der Waals surface area contributed by atoms with Crippen molar-refractivity contribution >= 4 is 5.91 Å². The van der Waals surface area contributed by atoms with Gasteiger partial charge in [0.2, 0.25) is 11.7 Å². The first kappa shape index (κ1) is 14.4. The summed E-state index contributed by atoms with van der Waals surface area (Å²) in [5.41, 5.74) is 1.52. The van der Waals surface area contributed by atoms with Crippen LogP contribution in [0.5, 0.6) is 0 Å². The van der Waals surface area contributed by atoms with E-state index in [1.807, 2.05) is 36.2 Å². The van der Waals surface area contributed by atoms with Crippen LogP contribution in [0.1, 0.15) is 54.3 Å². The van der Waals surface area contributed by atoms with Crippen LogP contribution in [-0.2, 0) is 0 Å². The summed E-state index contributed by atoms with van der Waals surface area (Å²) in [6, 6.07) is 7.52. The molecule has 2 aliphatic carbocycles. The lowest BCUT2D eigenvalue weighted by molar-refractivity contribution is 0.0745. The van der Waals surface area contributed by atoms with E-state index in [1.54, 1.807) is 0 Å². The fraction of sp³-hybridized carbons (Fsp3) is 0.500. The maximum Gasteiger partial charge on any atom is 0.253 e. The summed E-state index contributed by atoms with van der Waals surface area (Å²) < 4.78 is 5.31. The van der Waals surface area contributed by atoms with Gasteiger partial charge in [-0.3, -0.25) is 4.79 Å². The SMILES string of the molecule is CN(CC1CCC1)C(=O)c1cccc(-c2noc(C3CC3)n2)c1. The second-order valence-corrected chi connectivity index (χ2v) is 6.79. The van der Waals surface area contributed by atoms with Crippen molar-refractivity contribution in [2.45, 2.75) is 38.0 Å². The Kier molecular flexibility index (Phi) is 3.63. The Labute approximate surface area is 135 Å². The van der Waals surface area contributed by atoms with Crippen LogP contribution in [0, 0.1) is 5.92 Å². The van der Waals surface area contributed by atoms with Gasteiger partial charge in [0, 0.05) is 30.6 Å². The number of amides is 1. The topological polar surface area (TPSA) is 59.2 Å². The van der Waals surface area contributed by atoms with Gasteiger partial charge in [0.05, 0.1) is 0 Å². The third-order valence-electron chi connectivity index (χ3n) is 4.84. The van der Waals surface area contributed by atoms with Crippen molar-refractivity contribution in [1.82, 2.24) is 15.0 Å². The molecule has 4 rings (SSSR count). The minimum absolute atomic E-state index is 0.0599. The fourth-order valence-electron chi connectivity index (χ4n) is 3.01. The van der Waals surface area contributed by atoms with E-state index in [4.69, 9.17) is 4.52 Å². The maximum absolute atomic E-state index is 12.6. The van der Waals surface area contributed by atoms with Crippen LogP contribution in [0.4, 0.5) is 0 Å². The maximum atomic E-state index is 12.6. The van der Waals surface area contributed by atoms with Gasteiger partial charge in [-0.2, -0.15) is 4.98 Å². The number of aromatic nitrogens is 2. The van der Waals surface area contributed by atoms with E-state index in [0.717, 1.165) is 30.8 Å². The lowest BCUT2D eigenvalue weighted by Crippen LogP contribution is -2.34. The predicted molar refractivity (Wildman–Crippen MR) is 86.0 cm³/mol. The van der Waals surface area contributed by atoms with Crippen LogP contribution in [0.2, 0.25) is 0 Å². The fourth-order valence-corrected chi connectivity index (χ4v) is 3.01. The molecule has 23 heavy (non-hydrogen) atoms. The van der Waals surface area contributed by atoms with Gasteiger partial charge in [-0.05, 0) is 43.7 Å². The molecule has 5 heteroatoms. The molecule has 1 aromatic carbocycles. The van der Waals surface area contributed by atoms with Crippen molar-refractivity contribution in [3.8, 4) is 11.4 Å². The predicted octanol–water partition coefficient (Wildman–Crippen LogP) is 3.49. The third kappa shape index (κ3) is 3.00. The number of carbonyl (C=O) groups is 1. The van der Waals surface area contributed by atoms with Crippen LogP contribution in [0.15, 0.2) is 28.8 Å². The largest absolute Gasteiger partial charge is 0.341 e. The Morgan fingerprint density at radius 2 is 2.13 bits per heavy atom. The summed E-state index contributed by atoms with van der Waals surface area (Å²) in [4.78, 5) is 18.9. The summed E-state index contributed by atoms with van der Waals surface area (Å²) in [5.74, 6) is 2.46. The number of hydrogen-bond acceptors (Lipinski definition) is 4. The molecular weight excluding hydrogens is 290 g/mol. The van der Waals surface area contributed by atoms with Crippen molar-refractivity contribution in [3.05, 3.63) is 35.7 Å². The number of benzene rings is 1. The molecule has 5 nitrogen and oxygen atoms in total. The molecule has 2 aromatic rings. The smallest absolute Gasteiger partial charge is 0.253 e. The zero-order chi connectivity index (χ0) is 15.8. The van der Waals surface area contributed by atoms with Gasteiger partial charge in [-0.15, -0.1) is 0 Å². The van der Waals surface area contributed by atoms with E-state index in [9.17, 15) is 4.79 Å². The van der Waals surface area contributed by atoms with Crippen molar-refractivity contribution in [2.75, 3.05) is 13.6 Å². The van der Waals surface area contributed by atoms with Crippen LogP contribution < -0.4 is 0 Å². The standard InChI is InChI=1S/C18H21N3O2/c1-21(11-12-4-2-5-12)18(22)15-7-3-6-14(10-15)16-19-17(23-20-16)13-8-9-13/h3,6-7,10,12-13H,2,4-5,8-9,11H2,1H3. The lowest BCUT2D eigenvalue weighted by atomic mass is 9.85. The number of carbonyl (C=O) groups excluding carboxylic acids is 1. The zero-order valence-corrected chi connectivity index (χ0v) is 13.4. The summed E-state index contributed by atoms with van der Waals surface area (Å²) in [5, 5.41) is 4.05. The van der Waals surface area contributed by atoms with Gasteiger partial charge >= 0.3 is 0 Å². The van der Waals surface area contributed by atoms with Gasteiger partial charge in [-0.1, -0.05) is 23.7 Å². The molecule has 1 aromatic heterocycles. The highest BCUT2D eigenvalue weighted by molar-refractivity contribution is 5.95. The molecule has 0 unspecified atom stereocenters. The minimum Gasteiger partial charge on any atom is -0.341 e. The first-order valence-electron chi connectivity index (χ1n) is 8.40. The van der Waals surface area contributed by atoms with E-state index in [1.165, 1.54) is 19.3 Å². The summed E-state index contributed by atoms with van der Waals surface area (Å²) in [6.45, 7) is 0.844. The van der Waals surface area contributed by atoms with Crippen molar-refractivity contribution in [1.29, 1.82) is 0 Å². The van der Waals surface area contributed by atoms with Crippen LogP contribution in [0.3, 0.4) is 0 Å². The molecule has 0 spiro atoms. The highest BCUT2D eigenvalue weighted by Crippen LogP contribution is 2.39. The van der Waals surface area contributed by atoms with Crippen LogP contribution in [-0.4, -0.2) is 34.5 Å². The molecule has 2 fully saturated rings. The normalized spacial score (nSPS) is 17.8. The number of nitrogens with zero attached hydrogens (tertiary/aromatic N) is 3. The Hall–Kier alpha value is -2.17. The second kappa shape index (κ2) is 5.80. The lowest BCUT2D eigenvalue weighted by Gasteiger charge is -2.30. The van der Waals surface area contributed by atoms with E-state index in [-0.39, 0.29) is 5.91 Å². The molecule has 0 N–H and O–H groups in total. The highest BCUT2D eigenvalue weighted by Gasteiger charge is 2.30. The van der Waals surface area contributed by atoms with Crippen LogP contribution >= 0.6 is 0 Å². The molecule has 1 amide bonds. The Morgan fingerprint density at radius 3 is 2.83 bits per heavy atom. The van der Waals surface area contributed by atoms with Gasteiger partial charge in [0.15, 0.2) is 0 Å². The number of hydrogen-bond donors (Lipinski definition) is 0. The second-order valence-electron chi connectivity index (χ2n) is 6.79. The van der Waals surface area contributed by atoms with Crippen molar-refractivity contribution in [3.63, 3.8) is 0 Å². The van der Waals surface area contributed by atoms with E-state index in [2.05, 4.69) is 10.1 Å². The Balaban J connectivity index is 1.51. The quantitative estimate of drug-likeness (QED) is 0.848. The molecule has 0 bridgehead atoms. The average Bonchev–Trinajstić information content (AvgIpc) is 3.27. The highest BCUT2D eigenvalue weighted by atomic mass is 16.5. The summed E-state index contributed by atoms with van der Waals surface area (Å²) >= 11 is 0. The van der Waals surface area contributed by atoms with E-state index >= 15 is 0 Å². The first-order valence-corrected chi connectivity index (χ1v) is 8.40. The molecule has 0 radical (unpaired) electrons. The monoisotopic (exact) mass is 311 g/mol. The van der Waals surface area contributed by atoms with Crippen molar-refractivity contribution < 1.29 is 9.32 Å². The zero-order valence-electron chi connectivity index (χ0n) is 13.4. The molecule has 2 saturated carbocycles. The van der Waals surface area contributed by atoms with E-state index < -0.39 is 0 Å². The van der Waals surface area contributed by atoms with Crippen molar-refractivity contribution in [2.24, 2.45) is 5.92 Å². The van der Waals surface area contributed by atoms with Gasteiger partial charge in [-0.25, -0.2) is 0 Å². The number of rotatable bonds is 5. The van der Waals surface area contributed by atoms with Crippen LogP contribution in [0.25, 0.3) is 11.4 Å². The first-order chi connectivity index (χ1) is 11.2. The molecule has 0 saturated heterocycles. The third-order valence-corrected chi connectivity index (χ3v) is 4.84. The Bertz CT molecular complexity index is 717.